The third kappa shape index (κ3) is 870. The molecule has 0 aromatic carbocycles. The smallest absolute Gasteiger partial charge is 0.312 e. The van der Waals surface area contributed by atoms with Crippen molar-refractivity contribution in [1.29, 1.82) is 0 Å². The standard InChI is InChI=1S/CH3NO2.H2O3S/c2-4-1-3;1-4(2)3/h1H,2H2;4H,(H,1,2,3). The van der Waals surface area contributed by atoms with Gasteiger partial charge in [0.15, 0.2) is 0 Å². The fourth-order valence-corrected chi connectivity index (χ4v) is 0. The molecule has 0 aromatic heterocycles. The second-order valence-corrected chi connectivity index (χ2v) is 0.946. The maximum atomic E-state index is 8.83. The number of nitrogens with two attached hydrogens (primary N) is 1. The highest BCUT2D eigenvalue weighted by molar-refractivity contribution is 7.66. The van der Waals surface area contributed by atoms with Gasteiger partial charge in [0.25, 0.3) is 11.0 Å². The van der Waals surface area contributed by atoms with Gasteiger partial charge in [-0.1, -0.05) is 0 Å². The molecule has 0 aliphatic rings. The SMILES string of the molecule is NOC=O.O=[SH](=O)O. The highest BCUT2D eigenvalue weighted by Crippen LogP contribution is 1.27. The third-order valence-electron chi connectivity index (χ3n) is 0.0556. The van der Waals surface area contributed by atoms with Gasteiger partial charge in [0.1, 0.15) is 0 Å². The molecule has 3 N–H and O–H groups in total. The first-order chi connectivity index (χ1) is 3.65. The Morgan fingerprint density at radius 1 is 1.62 bits per heavy atom. The Morgan fingerprint density at radius 3 is 1.75 bits per heavy atom. The predicted octanol–water partition coefficient (Wildman–Crippen LogP) is -1.90. The van der Waals surface area contributed by atoms with E-state index in [1.54, 1.807) is 0 Å². The molecular weight excluding hydrogens is 138 g/mol. The van der Waals surface area contributed by atoms with E-state index in [1.165, 1.54) is 0 Å². The van der Waals surface area contributed by atoms with Crippen molar-refractivity contribution >= 4 is 17.5 Å². The molecule has 0 unspecified atom stereocenters. The third-order valence-corrected chi connectivity index (χ3v) is 0.0556. The van der Waals surface area contributed by atoms with E-state index in [0.717, 1.165) is 0 Å². The largest absolute Gasteiger partial charge is 0.376 e. The van der Waals surface area contributed by atoms with Crippen molar-refractivity contribution in [2.45, 2.75) is 0 Å². The Kier molecular flexibility index (Phi) is 12.4. The molecule has 0 fully saturated rings. The molecule has 0 spiro atoms. The fourth-order valence-electron chi connectivity index (χ4n) is 0. The van der Waals surface area contributed by atoms with Gasteiger partial charge in [-0.15, -0.1) is 0 Å². The monoisotopic (exact) mass is 143 g/mol. The second kappa shape index (κ2) is 9.60. The molecule has 0 heterocycles. The van der Waals surface area contributed by atoms with Crippen LogP contribution in [0.1, 0.15) is 0 Å². The first kappa shape index (κ1) is 10.3. The Morgan fingerprint density at radius 2 is 1.75 bits per heavy atom. The van der Waals surface area contributed by atoms with E-state index in [9.17, 15) is 0 Å². The van der Waals surface area contributed by atoms with E-state index < -0.39 is 11.0 Å². The normalized spacial score (nSPS) is 6.88. The molecule has 0 aromatic rings. The van der Waals surface area contributed by atoms with E-state index in [0.29, 0.717) is 0 Å². The van der Waals surface area contributed by atoms with Crippen LogP contribution in [0.25, 0.3) is 0 Å². The van der Waals surface area contributed by atoms with E-state index >= 15 is 0 Å². The van der Waals surface area contributed by atoms with Crippen LogP contribution in [0.4, 0.5) is 0 Å². The van der Waals surface area contributed by atoms with Gasteiger partial charge < -0.3 is 4.84 Å². The maximum absolute atomic E-state index is 8.83. The summed E-state index contributed by atoms with van der Waals surface area (Å²) in [5.74, 6) is 4.16. The van der Waals surface area contributed by atoms with Crippen molar-refractivity contribution < 1.29 is 22.6 Å². The van der Waals surface area contributed by atoms with Crippen molar-refractivity contribution in [1.82, 2.24) is 0 Å². The quantitative estimate of drug-likeness (QED) is 0.171. The van der Waals surface area contributed by atoms with Crippen molar-refractivity contribution in [2.75, 3.05) is 0 Å². The first-order valence-electron chi connectivity index (χ1n) is 1.27. The summed E-state index contributed by atoms with van der Waals surface area (Å²) >= 11 is 0. The van der Waals surface area contributed by atoms with Gasteiger partial charge in [0.2, 0.25) is 0 Å². The van der Waals surface area contributed by atoms with Gasteiger partial charge in [-0.2, -0.15) is 5.90 Å². The summed E-state index contributed by atoms with van der Waals surface area (Å²) in [7, 11) is -3.12. The maximum Gasteiger partial charge on any atom is 0.312 e. The average Bonchev–Trinajstić information content (AvgIpc) is 1.65. The van der Waals surface area contributed by atoms with Crippen LogP contribution < -0.4 is 5.90 Å². The minimum Gasteiger partial charge on any atom is -0.376 e. The number of hydrogen-bond acceptors (Lipinski definition) is 5. The zero-order valence-corrected chi connectivity index (χ0v) is 4.58. The van der Waals surface area contributed by atoms with Gasteiger partial charge in [0, 0.05) is 0 Å². The highest BCUT2D eigenvalue weighted by Gasteiger charge is 1.45. The second-order valence-electron chi connectivity index (χ2n) is 0.470. The Hall–Kier alpha value is -0.660. The predicted molar refractivity (Wildman–Crippen MR) is 24.3 cm³/mol. The summed E-state index contributed by atoms with van der Waals surface area (Å²) in [6.45, 7) is 0.153. The zero-order valence-electron chi connectivity index (χ0n) is 3.68. The first-order valence-corrected chi connectivity index (χ1v) is 2.40. The summed E-state index contributed by atoms with van der Waals surface area (Å²) in [6.07, 6.45) is 0. The van der Waals surface area contributed by atoms with Crippen LogP contribution in [0.2, 0.25) is 0 Å². The molecule has 50 valence electrons. The minimum atomic E-state index is -3.12. The zero-order chi connectivity index (χ0) is 6.99. The van der Waals surface area contributed by atoms with Crippen LogP contribution in [0, 0.1) is 0 Å². The van der Waals surface area contributed by atoms with Crippen LogP contribution in [0.15, 0.2) is 0 Å². The molecule has 8 heavy (non-hydrogen) atoms. The van der Waals surface area contributed by atoms with Gasteiger partial charge in [-0.3, -0.25) is 9.35 Å². The van der Waals surface area contributed by atoms with E-state index in [-0.39, 0.29) is 6.47 Å². The van der Waals surface area contributed by atoms with Crippen LogP contribution in [-0.2, 0) is 20.6 Å². The summed E-state index contributed by atoms with van der Waals surface area (Å²) in [5, 5.41) is 0. The number of carbonyl (C=O) groups excluding carboxylic acids is 1. The van der Waals surface area contributed by atoms with Gasteiger partial charge in [-0.05, 0) is 0 Å². The highest BCUT2D eigenvalue weighted by atomic mass is 32.2. The van der Waals surface area contributed by atoms with Crippen LogP contribution in [0.5, 0.6) is 0 Å². The summed E-state index contributed by atoms with van der Waals surface area (Å²) in [6, 6.07) is 0. The van der Waals surface area contributed by atoms with E-state index in [2.05, 4.69) is 10.7 Å². The summed E-state index contributed by atoms with van der Waals surface area (Å²) in [4.78, 5) is 12.2. The number of hydrogen-bond donors (Lipinski definition) is 3. The molecule has 0 radical (unpaired) electrons. The molecule has 0 saturated heterocycles. The molecule has 0 bridgehead atoms. The van der Waals surface area contributed by atoms with E-state index in [1.807, 2.05) is 0 Å². The van der Waals surface area contributed by atoms with Crippen molar-refractivity contribution in [3.63, 3.8) is 0 Å². The van der Waals surface area contributed by atoms with Gasteiger partial charge in [-0.25, -0.2) is 8.42 Å². The lowest BCUT2D eigenvalue weighted by molar-refractivity contribution is -0.129. The number of carbonyl (C=O) groups is 1. The summed E-state index contributed by atoms with van der Waals surface area (Å²) in [5.41, 5.74) is 0. The number of thiol groups is 1. The lowest BCUT2D eigenvalue weighted by Crippen LogP contribution is -1.92. The van der Waals surface area contributed by atoms with E-state index in [4.69, 9.17) is 17.8 Å². The van der Waals surface area contributed by atoms with Crippen LogP contribution >= 0.6 is 0 Å². The molecule has 0 aliphatic carbocycles. The fraction of sp³-hybridized carbons (Fsp3) is 0. The lowest BCUT2D eigenvalue weighted by Gasteiger charge is -1.66. The van der Waals surface area contributed by atoms with Crippen molar-refractivity contribution in [2.24, 2.45) is 5.90 Å². The van der Waals surface area contributed by atoms with Crippen molar-refractivity contribution in [3.05, 3.63) is 0 Å². The van der Waals surface area contributed by atoms with Crippen LogP contribution in [-0.4, -0.2) is 19.4 Å². The number of rotatable bonds is 1. The van der Waals surface area contributed by atoms with Crippen molar-refractivity contribution in [3.8, 4) is 0 Å². The Labute approximate surface area is 47.0 Å². The lowest BCUT2D eigenvalue weighted by atomic mass is 11.6. The molecular formula is CH5NO5S. The van der Waals surface area contributed by atoms with Gasteiger partial charge in [0.05, 0.1) is 0 Å². The molecule has 7 heteroatoms. The molecule has 0 aliphatic heterocycles. The Balaban J connectivity index is 0. The molecule has 6 nitrogen and oxygen atoms in total. The average molecular weight is 143 g/mol. The minimum absolute atomic E-state index is 0.153. The molecule has 0 saturated carbocycles. The Bertz CT molecular complexity index is 99.0. The topological polar surface area (TPSA) is 107 Å². The molecule has 0 atom stereocenters. The molecule has 0 amide bonds. The molecule has 0 rings (SSSR count). The van der Waals surface area contributed by atoms with Crippen LogP contribution in [0.3, 0.4) is 0 Å². The summed E-state index contributed by atoms with van der Waals surface area (Å²) < 4.78 is 24.2. The van der Waals surface area contributed by atoms with Gasteiger partial charge >= 0.3 is 6.47 Å².